The molecule has 9 heteroatoms. The highest BCUT2D eigenvalue weighted by atomic mass is 16.4. The first kappa shape index (κ1) is 20.7. The monoisotopic (exact) mass is 379 g/mol. The molecule has 0 aliphatic heterocycles. The van der Waals surface area contributed by atoms with Crippen molar-refractivity contribution in [2.75, 3.05) is 6.61 Å². The third-order valence-corrected chi connectivity index (χ3v) is 4.15. The van der Waals surface area contributed by atoms with Crippen LogP contribution >= 0.6 is 0 Å². The number of Topliss-reactive ketones (excluding diaryl/α,β-unsaturated/α-hetero) is 1. The molecule has 0 saturated heterocycles. The van der Waals surface area contributed by atoms with E-state index in [0.29, 0.717) is 10.9 Å². The molecule has 1 aromatic carbocycles. The molecule has 146 valence electrons. The second kappa shape index (κ2) is 8.40. The molecule has 27 heavy (non-hydrogen) atoms. The van der Waals surface area contributed by atoms with Crippen molar-refractivity contribution in [2.24, 2.45) is 0 Å². The van der Waals surface area contributed by atoms with E-state index in [1.807, 2.05) is 0 Å². The van der Waals surface area contributed by atoms with E-state index in [1.165, 1.54) is 18.2 Å². The summed E-state index contributed by atoms with van der Waals surface area (Å²) in [5.41, 5.74) is 0.224. The van der Waals surface area contributed by atoms with E-state index < -0.39 is 48.3 Å². The van der Waals surface area contributed by atoms with E-state index in [0.717, 1.165) is 6.92 Å². The predicted molar refractivity (Wildman–Crippen MR) is 94.3 cm³/mol. The Bertz CT molecular complexity index is 906. The number of aryl methyl sites for hydroxylation is 1. The van der Waals surface area contributed by atoms with Crippen LogP contribution in [0.1, 0.15) is 22.8 Å². The molecule has 0 fully saturated rings. The summed E-state index contributed by atoms with van der Waals surface area (Å²) >= 11 is 0. The first-order chi connectivity index (χ1) is 12.6. The van der Waals surface area contributed by atoms with Crippen LogP contribution in [0.4, 0.5) is 0 Å². The van der Waals surface area contributed by atoms with Crippen molar-refractivity contribution in [1.82, 2.24) is 5.32 Å². The third-order valence-electron chi connectivity index (χ3n) is 4.15. The zero-order valence-corrected chi connectivity index (χ0v) is 14.7. The van der Waals surface area contributed by atoms with Gasteiger partial charge in [0.1, 0.15) is 29.9 Å². The summed E-state index contributed by atoms with van der Waals surface area (Å²) in [4.78, 5) is 35.8. The SMILES string of the molecule is CC(=O)N[C@@H](C(=O)c1ccc2c(C)cc(=O)oc2c1)[C@@H](O)[C@H](O)[C@H](O)CO. The van der Waals surface area contributed by atoms with E-state index in [-0.39, 0.29) is 11.1 Å². The number of rotatable bonds is 7. The van der Waals surface area contributed by atoms with Crippen molar-refractivity contribution in [3.05, 3.63) is 45.8 Å². The molecular weight excluding hydrogens is 358 g/mol. The molecule has 4 atom stereocenters. The Kier molecular flexibility index (Phi) is 6.45. The van der Waals surface area contributed by atoms with Gasteiger partial charge in [-0.3, -0.25) is 9.59 Å². The lowest BCUT2D eigenvalue weighted by Gasteiger charge is -2.28. The summed E-state index contributed by atoms with van der Waals surface area (Å²) in [6, 6.07) is 3.99. The average Bonchev–Trinajstić information content (AvgIpc) is 2.62. The average molecular weight is 379 g/mol. The number of benzene rings is 1. The van der Waals surface area contributed by atoms with E-state index in [1.54, 1.807) is 13.0 Å². The Morgan fingerprint density at radius 3 is 2.41 bits per heavy atom. The number of fused-ring (bicyclic) bond motifs is 1. The van der Waals surface area contributed by atoms with Crippen molar-refractivity contribution in [1.29, 1.82) is 0 Å². The van der Waals surface area contributed by atoms with Gasteiger partial charge in [0.15, 0.2) is 5.78 Å². The topological polar surface area (TPSA) is 157 Å². The molecular formula is C18H21NO8. The maximum atomic E-state index is 12.8. The molecule has 2 rings (SSSR count). The molecule has 1 amide bonds. The largest absolute Gasteiger partial charge is 0.423 e. The highest BCUT2D eigenvalue weighted by molar-refractivity contribution is 6.04. The predicted octanol–water partition coefficient (Wildman–Crippen LogP) is -1.14. The van der Waals surface area contributed by atoms with E-state index in [9.17, 15) is 29.7 Å². The van der Waals surface area contributed by atoms with Crippen LogP contribution in [-0.2, 0) is 4.79 Å². The van der Waals surface area contributed by atoms with Crippen molar-refractivity contribution in [3.63, 3.8) is 0 Å². The van der Waals surface area contributed by atoms with Gasteiger partial charge in [-0.1, -0.05) is 12.1 Å². The molecule has 0 bridgehead atoms. The molecule has 0 radical (unpaired) electrons. The Morgan fingerprint density at radius 2 is 1.81 bits per heavy atom. The maximum absolute atomic E-state index is 12.8. The smallest absolute Gasteiger partial charge is 0.336 e. The minimum absolute atomic E-state index is 0.0136. The summed E-state index contributed by atoms with van der Waals surface area (Å²) in [5, 5.41) is 41.4. The second-order valence-corrected chi connectivity index (χ2v) is 6.23. The standard InChI is InChI=1S/C18H21NO8/c1-8-5-14(23)27-13-6-10(3-4-11(8)13)16(24)15(19-9(2)21)18(26)17(25)12(22)7-20/h3-6,12,15,17-18,20,22,25-26H,7H2,1-2H3,(H,19,21)/t12-,15+,17-,18-/m1/s1. The first-order valence-electron chi connectivity index (χ1n) is 8.16. The van der Waals surface area contributed by atoms with Crippen LogP contribution in [0.2, 0.25) is 0 Å². The van der Waals surface area contributed by atoms with Crippen LogP contribution < -0.4 is 10.9 Å². The molecule has 0 aliphatic carbocycles. The first-order valence-corrected chi connectivity index (χ1v) is 8.16. The maximum Gasteiger partial charge on any atom is 0.336 e. The van der Waals surface area contributed by atoms with Gasteiger partial charge in [0, 0.05) is 23.9 Å². The van der Waals surface area contributed by atoms with Gasteiger partial charge in [-0.05, 0) is 18.6 Å². The second-order valence-electron chi connectivity index (χ2n) is 6.23. The molecule has 0 unspecified atom stereocenters. The van der Waals surface area contributed by atoms with Gasteiger partial charge < -0.3 is 30.2 Å². The zero-order chi connectivity index (χ0) is 20.3. The lowest BCUT2D eigenvalue weighted by Crippen LogP contribution is -2.55. The lowest BCUT2D eigenvalue weighted by molar-refractivity contribution is -0.122. The van der Waals surface area contributed by atoms with Gasteiger partial charge in [0.2, 0.25) is 5.91 Å². The molecule has 5 N–H and O–H groups in total. The fraction of sp³-hybridized carbons (Fsp3) is 0.389. The van der Waals surface area contributed by atoms with E-state index in [2.05, 4.69) is 5.32 Å². The molecule has 1 aromatic heterocycles. The van der Waals surface area contributed by atoms with Gasteiger partial charge in [0.25, 0.3) is 0 Å². The van der Waals surface area contributed by atoms with Crippen LogP contribution in [-0.4, -0.2) is 63.1 Å². The number of nitrogens with one attached hydrogen (secondary N) is 1. The number of carbonyl (C=O) groups excluding carboxylic acids is 2. The van der Waals surface area contributed by atoms with Crippen LogP contribution in [0.3, 0.4) is 0 Å². The van der Waals surface area contributed by atoms with E-state index >= 15 is 0 Å². The normalized spacial score (nSPS) is 15.8. The lowest BCUT2D eigenvalue weighted by atomic mass is 9.93. The van der Waals surface area contributed by atoms with Gasteiger partial charge in [-0.2, -0.15) is 0 Å². The number of aliphatic hydroxyl groups excluding tert-OH is 4. The number of hydrogen-bond donors (Lipinski definition) is 5. The van der Waals surface area contributed by atoms with Crippen LogP contribution in [0.25, 0.3) is 11.0 Å². The van der Waals surface area contributed by atoms with E-state index in [4.69, 9.17) is 9.52 Å². The third kappa shape index (κ3) is 4.58. The number of ketones is 1. The number of carbonyl (C=O) groups is 2. The highest BCUT2D eigenvalue weighted by Gasteiger charge is 2.36. The number of aliphatic hydroxyl groups is 4. The molecule has 2 aromatic rings. The minimum atomic E-state index is -1.89. The van der Waals surface area contributed by atoms with Crippen LogP contribution in [0, 0.1) is 6.92 Å². The van der Waals surface area contributed by atoms with Gasteiger partial charge in [-0.25, -0.2) is 4.79 Å². The van der Waals surface area contributed by atoms with Crippen molar-refractivity contribution in [3.8, 4) is 0 Å². The minimum Gasteiger partial charge on any atom is -0.423 e. The Labute approximate surface area is 153 Å². The summed E-state index contributed by atoms with van der Waals surface area (Å²) in [7, 11) is 0. The van der Waals surface area contributed by atoms with Gasteiger partial charge in [0.05, 0.1) is 6.61 Å². The van der Waals surface area contributed by atoms with Crippen LogP contribution in [0.15, 0.2) is 33.5 Å². The van der Waals surface area contributed by atoms with Gasteiger partial charge in [-0.15, -0.1) is 0 Å². The Morgan fingerprint density at radius 1 is 1.15 bits per heavy atom. The highest BCUT2D eigenvalue weighted by Crippen LogP contribution is 2.20. The summed E-state index contributed by atoms with van der Waals surface area (Å²) in [6.45, 7) is 1.97. The van der Waals surface area contributed by atoms with Gasteiger partial charge >= 0.3 is 5.63 Å². The van der Waals surface area contributed by atoms with Crippen molar-refractivity contribution >= 4 is 22.7 Å². The zero-order valence-electron chi connectivity index (χ0n) is 14.7. The quantitative estimate of drug-likeness (QED) is 0.298. The summed E-state index contributed by atoms with van der Waals surface area (Å²) in [5.74, 6) is -1.42. The molecule has 0 saturated carbocycles. The number of hydrogen-bond acceptors (Lipinski definition) is 8. The van der Waals surface area contributed by atoms with Crippen LogP contribution in [0.5, 0.6) is 0 Å². The molecule has 0 aliphatic rings. The summed E-state index contributed by atoms with van der Waals surface area (Å²) in [6.07, 6.45) is -5.47. The number of amides is 1. The van der Waals surface area contributed by atoms with Crippen molar-refractivity contribution < 1.29 is 34.4 Å². The fourth-order valence-electron chi connectivity index (χ4n) is 2.72. The molecule has 9 nitrogen and oxygen atoms in total. The Hall–Kier alpha value is -2.59. The Balaban J connectivity index is 2.44. The van der Waals surface area contributed by atoms with Crippen molar-refractivity contribution in [2.45, 2.75) is 38.2 Å². The molecule has 0 spiro atoms. The fourth-order valence-corrected chi connectivity index (χ4v) is 2.72. The summed E-state index contributed by atoms with van der Waals surface area (Å²) < 4.78 is 5.08. The molecule has 1 heterocycles.